The predicted octanol–water partition coefficient (Wildman–Crippen LogP) is 1.53. The number of amides is 1. The zero-order valence-electron chi connectivity index (χ0n) is 10.8. The molecular weight excluding hydrogens is 285 g/mol. The molecule has 0 spiro atoms. The highest BCUT2D eigenvalue weighted by atomic mass is 35.5. The molecule has 1 amide bonds. The monoisotopic (exact) mass is 305 g/mol. The van der Waals surface area contributed by atoms with E-state index in [2.05, 4.69) is 17.0 Å². The molecule has 1 aliphatic rings. The fourth-order valence-corrected chi connectivity index (χ4v) is 2.13. The lowest BCUT2D eigenvalue weighted by atomic mass is 10.2. The fraction of sp³-hybridized carbons (Fsp3) is 0.462. The topological polar surface area (TPSA) is 49.6 Å². The first-order valence-electron chi connectivity index (χ1n) is 6.09. The quantitative estimate of drug-likeness (QED) is 0.921. The highest BCUT2D eigenvalue weighted by Crippen LogP contribution is 2.15. The maximum Gasteiger partial charge on any atom is 0.223 e. The second-order valence-electron chi connectivity index (χ2n) is 4.24. The number of piperazine rings is 1. The number of anilines is 1. The van der Waals surface area contributed by atoms with Crippen molar-refractivity contribution in [1.29, 1.82) is 0 Å². The molecule has 0 saturated carbocycles. The number of halogens is 2. The summed E-state index contributed by atoms with van der Waals surface area (Å²) in [6.07, 6.45) is 0.464. The standard InChI is InChI=1S/C13H19N3O.2ClH/c14-7-6-13(17)16-10-8-15(9-11-16)12-4-2-1-3-5-12;;/h1-5H,6-11,14H2;2*1H. The van der Waals surface area contributed by atoms with Gasteiger partial charge in [0.2, 0.25) is 5.91 Å². The van der Waals surface area contributed by atoms with Crippen molar-refractivity contribution in [2.75, 3.05) is 37.6 Å². The van der Waals surface area contributed by atoms with E-state index in [0.717, 1.165) is 26.2 Å². The van der Waals surface area contributed by atoms with E-state index in [-0.39, 0.29) is 30.7 Å². The summed E-state index contributed by atoms with van der Waals surface area (Å²) >= 11 is 0. The molecule has 0 unspecified atom stereocenters. The lowest BCUT2D eigenvalue weighted by molar-refractivity contribution is -0.131. The molecule has 0 radical (unpaired) electrons. The first-order valence-corrected chi connectivity index (χ1v) is 6.09. The predicted molar refractivity (Wildman–Crippen MR) is 83.4 cm³/mol. The summed E-state index contributed by atoms with van der Waals surface area (Å²) in [5, 5.41) is 0. The molecule has 1 aliphatic heterocycles. The maximum atomic E-state index is 11.7. The molecule has 0 bridgehead atoms. The Morgan fingerprint density at radius 3 is 2.16 bits per heavy atom. The van der Waals surface area contributed by atoms with Crippen LogP contribution in [0.2, 0.25) is 0 Å². The Labute approximate surface area is 126 Å². The molecular formula is C13H21Cl2N3O. The van der Waals surface area contributed by atoms with Crippen molar-refractivity contribution in [3.63, 3.8) is 0 Å². The van der Waals surface area contributed by atoms with E-state index in [1.807, 2.05) is 23.1 Å². The van der Waals surface area contributed by atoms with Gasteiger partial charge in [-0.15, -0.1) is 24.8 Å². The minimum Gasteiger partial charge on any atom is -0.368 e. The van der Waals surface area contributed by atoms with E-state index in [1.54, 1.807) is 0 Å². The van der Waals surface area contributed by atoms with Crippen LogP contribution in [0.15, 0.2) is 30.3 Å². The Hall–Kier alpha value is -0.970. The molecule has 6 heteroatoms. The van der Waals surface area contributed by atoms with Crippen molar-refractivity contribution in [2.24, 2.45) is 5.73 Å². The maximum absolute atomic E-state index is 11.7. The van der Waals surface area contributed by atoms with Gasteiger partial charge in [0.05, 0.1) is 0 Å². The molecule has 4 nitrogen and oxygen atoms in total. The molecule has 2 N–H and O–H groups in total. The number of nitrogens with two attached hydrogens (primary N) is 1. The van der Waals surface area contributed by atoms with Gasteiger partial charge in [-0.05, 0) is 12.1 Å². The second-order valence-corrected chi connectivity index (χ2v) is 4.24. The summed E-state index contributed by atoms with van der Waals surface area (Å²) in [6, 6.07) is 10.3. The number of carbonyl (C=O) groups is 1. The zero-order chi connectivity index (χ0) is 12.1. The molecule has 0 aliphatic carbocycles. The molecule has 0 atom stereocenters. The fourth-order valence-electron chi connectivity index (χ4n) is 2.13. The van der Waals surface area contributed by atoms with Crippen molar-refractivity contribution in [1.82, 2.24) is 4.90 Å². The molecule has 1 aromatic rings. The molecule has 108 valence electrons. The number of rotatable bonds is 3. The van der Waals surface area contributed by atoms with Crippen LogP contribution in [0.4, 0.5) is 5.69 Å². The molecule has 1 saturated heterocycles. The van der Waals surface area contributed by atoms with Gasteiger partial charge in [0.1, 0.15) is 0 Å². The van der Waals surface area contributed by atoms with E-state index in [1.165, 1.54) is 5.69 Å². The SMILES string of the molecule is Cl.Cl.NCCC(=O)N1CCN(c2ccccc2)CC1. The first kappa shape index (κ1) is 18.0. The van der Waals surface area contributed by atoms with E-state index >= 15 is 0 Å². The Bertz CT molecular complexity index is 367. The summed E-state index contributed by atoms with van der Waals surface area (Å²) < 4.78 is 0. The smallest absolute Gasteiger partial charge is 0.223 e. The third-order valence-corrected chi connectivity index (χ3v) is 3.11. The van der Waals surface area contributed by atoms with Gasteiger partial charge in [-0.2, -0.15) is 0 Å². The summed E-state index contributed by atoms with van der Waals surface area (Å²) in [6.45, 7) is 3.85. The molecule has 0 aromatic heterocycles. The molecule has 1 fully saturated rings. The highest BCUT2D eigenvalue weighted by molar-refractivity contribution is 5.85. The van der Waals surface area contributed by atoms with Gasteiger partial charge in [0, 0.05) is 44.8 Å². The van der Waals surface area contributed by atoms with E-state index in [9.17, 15) is 4.79 Å². The highest BCUT2D eigenvalue weighted by Gasteiger charge is 2.20. The van der Waals surface area contributed by atoms with Crippen LogP contribution in [0.3, 0.4) is 0 Å². The summed E-state index contributed by atoms with van der Waals surface area (Å²) in [5.74, 6) is 0.181. The van der Waals surface area contributed by atoms with Crippen LogP contribution in [0.1, 0.15) is 6.42 Å². The molecule has 1 heterocycles. The van der Waals surface area contributed by atoms with Gasteiger partial charge in [-0.25, -0.2) is 0 Å². The Kier molecular flexibility index (Phi) is 8.56. The van der Waals surface area contributed by atoms with Crippen molar-refractivity contribution in [3.8, 4) is 0 Å². The molecule has 1 aromatic carbocycles. The Morgan fingerprint density at radius 1 is 1.05 bits per heavy atom. The van der Waals surface area contributed by atoms with Crippen molar-refractivity contribution in [2.45, 2.75) is 6.42 Å². The number of carbonyl (C=O) groups excluding carboxylic acids is 1. The van der Waals surface area contributed by atoms with Crippen LogP contribution in [-0.4, -0.2) is 43.5 Å². The van der Waals surface area contributed by atoms with Gasteiger partial charge in [-0.3, -0.25) is 4.79 Å². The van der Waals surface area contributed by atoms with E-state index in [4.69, 9.17) is 5.73 Å². The number of nitrogens with zero attached hydrogens (tertiary/aromatic N) is 2. The third kappa shape index (κ3) is 4.90. The summed E-state index contributed by atoms with van der Waals surface area (Å²) in [4.78, 5) is 15.9. The van der Waals surface area contributed by atoms with Crippen LogP contribution >= 0.6 is 24.8 Å². The summed E-state index contributed by atoms with van der Waals surface area (Å²) in [7, 11) is 0. The zero-order valence-corrected chi connectivity index (χ0v) is 12.5. The van der Waals surface area contributed by atoms with Crippen LogP contribution in [0.5, 0.6) is 0 Å². The van der Waals surface area contributed by atoms with E-state index < -0.39 is 0 Å². The second kappa shape index (κ2) is 9.02. The number of benzene rings is 1. The Balaban J connectivity index is 0.00000162. The number of para-hydroxylation sites is 1. The molecule has 19 heavy (non-hydrogen) atoms. The van der Waals surface area contributed by atoms with Gasteiger partial charge in [0.25, 0.3) is 0 Å². The number of hydrogen-bond acceptors (Lipinski definition) is 3. The van der Waals surface area contributed by atoms with Crippen molar-refractivity contribution in [3.05, 3.63) is 30.3 Å². The number of hydrogen-bond donors (Lipinski definition) is 1. The average molecular weight is 306 g/mol. The molecule has 2 rings (SSSR count). The van der Waals surface area contributed by atoms with Gasteiger partial charge >= 0.3 is 0 Å². The van der Waals surface area contributed by atoms with Crippen LogP contribution in [0, 0.1) is 0 Å². The van der Waals surface area contributed by atoms with Gasteiger partial charge in [-0.1, -0.05) is 18.2 Å². The van der Waals surface area contributed by atoms with Gasteiger partial charge < -0.3 is 15.5 Å². The lowest BCUT2D eigenvalue weighted by Crippen LogP contribution is -2.49. The van der Waals surface area contributed by atoms with E-state index in [0.29, 0.717) is 13.0 Å². The van der Waals surface area contributed by atoms with Crippen LogP contribution in [-0.2, 0) is 4.79 Å². The minimum absolute atomic E-state index is 0. The third-order valence-electron chi connectivity index (χ3n) is 3.11. The van der Waals surface area contributed by atoms with Crippen LogP contribution in [0.25, 0.3) is 0 Å². The summed E-state index contributed by atoms with van der Waals surface area (Å²) in [5.41, 5.74) is 6.63. The van der Waals surface area contributed by atoms with Crippen molar-refractivity contribution < 1.29 is 4.79 Å². The van der Waals surface area contributed by atoms with Gasteiger partial charge in [0.15, 0.2) is 0 Å². The first-order chi connectivity index (χ1) is 8.31. The minimum atomic E-state index is 0. The lowest BCUT2D eigenvalue weighted by Gasteiger charge is -2.36. The average Bonchev–Trinajstić information content (AvgIpc) is 2.40. The van der Waals surface area contributed by atoms with Crippen molar-refractivity contribution >= 4 is 36.4 Å². The normalized spacial score (nSPS) is 14.4. The van der Waals surface area contributed by atoms with Crippen LogP contribution < -0.4 is 10.6 Å². The Morgan fingerprint density at radius 2 is 1.63 bits per heavy atom. The largest absolute Gasteiger partial charge is 0.368 e.